The summed E-state index contributed by atoms with van der Waals surface area (Å²) < 4.78 is 26.8. The van der Waals surface area contributed by atoms with Gasteiger partial charge >= 0.3 is 11.9 Å². The number of carboxylic acids is 1. The fourth-order valence-corrected chi connectivity index (χ4v) is 3.85. The summed E-state index contributed by atoms with van der Waals surface area (Å²) in [5.74, 6) is -3.14. The number of amides is 3. The lowest BCUT2D eigenvalue weighted by molar-refractivity contribution is -0.271. The van der Waals surface area contributed by atoms with Crippen molar-refractivity contribution in [1.82, 2.24) is 10.2 Å². The fourth-order valence-electron chi connectivity index (χ4n) is 3.85. The molecule has 0 spiro atoms. The molecule has 0 unspecified atom stereocenters. The lowest BCUT2D eigenvalue weighted by atomic mass is 9.99. The van der Waals surface area contributed by atoms with Crippen molar-refractivity contribution in [3.8, 4) is 11.5 Å². The Balaban J connectivity index is 1.47. The van der Waals surface area contributed by atoms with Crippen LogP contribution < -0.4 is 14.8 Å². The first-order chi connectivity index (χ1) is 20.0. The predicted octanol–water partition coefficient (Wildman–Crippen LogP) is -2.15. The second-order valence-corrected chi connectivity index (χ2v) is 9.12. The molecule has 0 radical (unpaired) electrons. The van der Waals surface area contributed by atoms with Crippen molar-refractivity contribution in [2.75, 3.05) is 32.9 Å². The summed E-state index contributed by atoms with van der Waals surface area (Å²) in [5, 5.41) is 41.9. The van der Waals surface area contributed by atoms with Crippen LogP contribution in [-0.2, 0) is 44.8 Å². The molecule has 0 saturated carbocycles. The van der Waals surface area contributed by atoms with Crippen molar-refractivity contribution in [2.24, 2.45) is 0 Å². The van der Waals surface area contributed by atoms with E-state index < -0.39 is 54.5 Å². The van der Waals surface area contributed by atoms with E-state index in [1.807, 2.05) is 0 Å². The number of imide groups is 1. The molecule has 5 atom stereocenters. The van der Waals surface area contributed by atoms with E-state index in [2.05, 4.69) is 5.32 Å². The number of aliphatic hydroxyl groups excluding tert-OH is 3. The maximum absolute atomic E-state index is 11.9. The second kappa shape index (κ2) is 15.2. The van der Waals surface area contributed by atoms with E-state index in [0.717, 1.165) is 17.1 Å². The fraction of sp³-hybridized carbons (Fsp3) is 0.500. The SMILES string of the molecule is CC(=O)OCc1ccc(O[C@@H]2O[C@H](C(=O)O)[C@@H](O)[C@H](O)[C@H]2O)cc1OCCOCCNC(=O)CCN1C(=O)C=CC1=O. The molecule has 230 valence electrons. The molecule has 1 fully saturated rings. The van der Waals surface area contributed by atoms with E-state index in [4.69, 9.17) is 23.7 Å². The average Bonchev–Trinajstić information content (AvgIpc) is 3.27. The van der Waals surface area contributed by atoms with Crippen molar-refractivity contribution in [3.63, 3.8) is 0 Å². The molecule has 1 saturated heterocycles. The van der Waals surface area contributed by atoms with Crippen molar-refractivity contribution < 1.29 is 68.1 Å². The second-order valence-electron chi connectivity index (χ2n) is 9.12. The van der Waals surface area contributed by atoms with Gasteiger partial charge in [0.2, 0.25) is 12.2 Å². The number of aliphatic carboxylic acids is 1. The number of nitrogens with zero attached hydrogens (tertiary/aromatic N) is 1. The summed E-state index contributed by atoms with van der Waals surface area (Å²) in [6.07, 6.45) is -6.74. The molecule has 42 heavy (non-hydrogen) atoms. The van der Waals surface area contributed by atoms with Gasteiger partial charge < -0.3 is 49.4 Å². The standard InChI is InChI=1S/C26H32N2O14/c1-14(29)40-13-15-2-3-16(41-26-23(35)21(33)22(34)24(42-26)25(36)37)12-17(15)39-11-10-38-9-7-27-18(30)6-8-28-19(31)4-5-20(28)32/h2-5,12,21-24,26,33-35H,6-11,13H2,1H3,(H,27,30)(H,36,37)/t21-,22-,23+,24-,26+/m0/s1. The Morgan fingerprint density at radius 2 is 1.71 bits per heavy atom. The van der Waals surface area contributed by atoms with E-state index in [9.17, 15) is 44.4 Å². The van der Waals surface area contributed by atoms with Gasteiger partial charge in [0, 0.05) is 50.2 Å². The first kappa shape index (κ1) is 32.4. The number of hydrogen-bond donors (Lipinski definition) is 5. The summed E-state index contributed by atoms with van der Waals surface area (Å²) in [6.45, 7) is 1.47. The van der Waals surface area contributed by atoms with Gasteiger partial charge in [0.15, 0.2) is 6.10 Å². The molecular formula is C26H32N2O14. The number of ether oxygens (including phenoxy) is 5. The molecule has 2 aliphatic rings. The molecule has 0 aromatic heterocycles. The number of esters is 1. The smallest absolute Gasteiger partial charge is 0.335 e. The van der Waals surface area contributed by atoms with Gasteiger partial charge in [-0.1, -0.05) is 0 Å². The zero-order chi connectivity index (χ0) is 30.8. The molecule has 16 nitrogen and oxygen atoms in total. The minimum absolute atomic E-state index is 0.0191. The van der Waals surface area contributed by atoms with Crippen molar-refractivity contribution in [3.05, 3.63) is 35.9 Å². The number of carbonyl (C=O) groups excluding carboxylic acids is 4. The number of carboxylic acid groups (broad SMARTS) is 1. The van der Waals surface area contributed by atoms with Crippen LogP contribution in [0.15, 0.2) is 30.4 Å². The molecule has 0 bridgehead atoms. The normalized spacial score (nSPS) is 23.5. The lowest BCUT2D eigenvalue weighted by Gasteiger charge is -2.38. The molecule has 2 aliphatic heterocycles. The number of hydrogen-bond acceptors (Lipinski definition) is 13. The van der Waals surface area contributed by atoms with Crippen LogP contribution in [0.5, 0.6) is 11.5 Å². The maximum atomic E-state index is 11.9. The Kier molecular flexibility index (Phi) is 11.8. The zero-order valence-corrected chi connectivity index (χ0v) is 22.5. The summed E-state index contributed by atoms with van der Waals surface area (Å²) in [7, 11) is 0. The molecular weight excluding hydrogens is 564 g/mol. The number of carbonyl (C=O) groups is 5. The van der Waals surface area contributed by atoms with E-state index in [0.29, 0.717) is 5.56 Å². The van der Waals surface area contributed by atoms with E-state index in [-0.39, 0.29) is 63.3 Å². The van der Waals surface area contributed by atoms with Gasteiger partial charge in [-0.2, -0.15) is 0 Å². The number of rotatable bonds is 15. The highest BCUT2D eigenvalue weighted by Gasteiger charge is 2.48. The molecule has 3 rings (SSSR count). The van der Waals surface area contributed by atoms with Gasteiger partial charge in [-0.15, -0.1) is 0 Å². The largest absolute Gasteiger partial charge is 0.491 e. The Morgan fingerprint density at radius 3 is 2.38 bits per heavy atom. The van der Waals surface area contributed by atoms with Gasteiger partial charge in [0.05, 0.1) is 13.2 Å². The Labute approximate surface area is 239 Å². The van der Waals surface area contributed by atoms with Gasteiger partial charge in [-0.25, -0.2) is 4.79 Å². The van der Waals surface area contributed by atoms with Crippen LogP contribution in [0.25, 0.3) is 0 Å². The third-order valence-corrected chi connectivity index (χ3v) is 6.05. The topological polar surface area (TPSA) is 228 Å². The van der Waals surface area contributed by atoms with Crippen molar-refractivity contribution in [1.29, 1.82) is 0 Å². The zero-order valence-electron chi connectivity index (χ0n) is 22.5. The van der Waals surface area contributed by atoms with Crippen LogP contribution in [0.2, 0.25) is 0 Å². The molecule has 2 heterocycles. The highest BCUT2D eigenvalue weighted by Crippen LogP contribution is 2.29. The van der Waals surface area contributed by atoms with Crippen LogP contribution in [0, 0.1) is 0 Å². The maximum Gasteiger partial charge on any atom is 0.335 e. The average molecular weight is 597 g/mol. The number of nitrogens with one attached hydrogen (secondary N) is 1. The third-order valence-electron chi connectivity index (χ3n) is 6.05. The number of benzene rings is 1. The molecule has 0 aliphatic carbocycles. The van der Waals surface area contributed by atoms with E-state index in [1.54, 1.807) is 0 Å². The van der Waals surface area contributed by atoms with Gasteiger partial charge in [0.25, 0.3) is 11.8 Å². The van der Waals surface area contributed by atoms with Crippen LogP contribution in [0.1, 0.15) is 18.9 Å². The highest BCUT2D eigenvalue weighted by atomic mass is 16.7. The Bertz CT molecular complexity index is 1170. The predicted molar refractivity (Wildman–Crippen MR) is 137 cm³/mol. The minimum atomic E-state index is -1.88. The molecule has 1 aromatic carbocycles. The van der Waals surface area contributed by atoms with E-state index >= 15 is 0 Å². The van der Waals surface area contributed by atoms with Crippen LogP contribution in [0.4, 0.5) is 0 Å². The highest BCUT2D eigenvalue weighted by molar-refractivity contribution is 6.13. The van der Waals surface area contributed by atoms with Gasteiger partial charge in [-0.3, -0.25) is 24.1 Å². The summed E-state index contributed by atoms with van der Waals surface area (Å²) in [4.78, 5) is 58.5. The lowest BCUT2D eigenvalue weighted by Crippen LogP contribution is -2.61. The number of aliphatic hydroxyl groups is 3. The van der Waals surface area contributed by atoms with Crippen LogP contribution in [-0.4, -0.2) is 119 Å². The van der Waals surface area contributed by atoms with Crippen molar-refractivity contribution in [2.45, 2.75) is 50.7 Å². The Morgan fingerprint density at radius 1 is 1.00 bits per heavy atom. The first-order valence-corrected chi connectivity index (χ1v) is 12.8. The molecule has 1 aromatic rings. The molecule has 3 amide bonds. The third kappa shape index (κ3) is 8.95. The van der Waals surface area contributed by atoms with Gasteiger partial charge in [-0.05, 0) is 12.1 Å². The van der Waals surface area contributed by atoms with Crippen molar-refractivity contribution >= 4 is 29.7 Å². The molecule has 16 heteroatoms. The van der Waals surface area contributed by atoms with Gasteiger partial charge in [0.1, 0.15) is 43.0 Å². The van der Waals surface area contributed by atoms with Crippen LogP contribution >= 0.6 is 0 Å². The molecule has 5 N–H and O–H groups in total. The Hall–Kier alpha value is -4.09. The minimum Gasteiger partial charge on any atom is -0.491 e. The summed E-state index contributed by atoms with van der Waals surface area (Å²) in [6, 6.07) is 4.28. The van der Waals surface area contributed by atoms with E-state index in [1.165, 1.54) is 25.1 Å². The summed E-state index contributed by atoms with van der Waals surface area (Å²) in [5.41, 5.74) is 0.443. The first-order valence-electron chi connectivity index (χ1n) is 12.8. The monoisotopic (exact) mass is 596 g/mol. The summed E-state index contributed by atoms with van der Waals surface area (Å²) >= 11 is 0. The van der Waals surface area contributed by atoms with Crippen LogP contribution in [0.3, 0.4) is 0 Å². The quantitative estimate of drug-likeness (QED) is 0.0826.